The topological polar surface area (TPSA) is 44.2 Å². The van der Waals surface area contributed by atoms with Crippen LogP contribution in [0.4, 0.5) is 0 Å². The average Bonchev–Trinajstić information content (AvgIpc) is 4.02. The number of nitrogens with zero attached hydrogens (tertiary/aromatic N) is 2. The third-order valence-corrected chi connectivity index (χ3v) is 18.6. The van der Waals surface area contributed by atoms with E-state index in [1.54, 1.807) is 22.7 Å². The monoisotopic (exact) mass is 1190 g/mol. The third kappa shape index (κ3) is 35.3. The van der Waals surface area contributed by atoms with E-state index >= 15 is 0 Å². The molecule has 2 unspecified atom stereocenters. The zero-order chi connectivity index (χ0) is 52.8. The van der Waals surface area contributed by atoms with Crippen molar-refractivity contribution >= 4 is 66.7 Å². The lowest BCUT2D eigenvalue weighted by Crippen LogP contribution is -2.26. The molecule has 3 aromatic rings. The van der Waals surface area contributed by atoms with Crippen molar-refractivity contribution in [2.75, 3.05) is 13.2 Å². The van der Waals surface area contributed by atoms with Crippen LogP contribution in [-0.2, 0) is 0 Å². The molecule has 0 spiro atoms. The zero-order valence-electron chi connectivity index (χ0n) is 48.4. The maximum atomic E-state index is 6.56. The van der Waals surface area contributed by atoms with Crippen molar-refractivity contribution in [3.63, 3.8) is 0 Å². The van der Waals surface area contributed by atoms with E-state index in [4.69, 9.17) is 19.4 Å². The van der Waals surface area contributed by atoms with Crippen LogP contribution in [0, 0.1) is 11.8 Å². The molecule has 0 N–H and O–H groups in total. The van der Waals surface area contributed by atoms with Gasteiger partial charge in [0.2, 0.25) is 11.8 Å². The Bertz CT molecular complexity index is 1710. The molecule has 3 rings (SSSR count). The second-order valence-electron chi connectivity index (χ2n) is 22.4. The summed E-state index contributed by atoms with van der Waals surface area (Å²) in [5.74, 6) is 3.05. The number of hydrogen-bond acceptors (Lipinski definition) is 6. The van der Waals surface area contributed by atoms with Crippen molar-refractivity contribution in [3.05, 3.63) is 52.3 Å². The van der Waals surface area contributed by atoms with E-state index < -0.39 is 0 Å². The molecular weight excluding hydrogens is 1080 g/mol. The predicted molar refractivity (Wildman–Crippen MR) is 336 cm³/mol. The maximum Gasteiger partial charge on any atom is 0.240 e. The quantitative estimate of drug-likeness (QED) is 0.0529. The molecule has 3 aromatic heterocycles. The molecule has 74 heavy (non-hydrogen) atoms. The van der Waals surface area contributed by atoms with Crippen molar-refractivity contribution in [3.8, 4) is 11.8 Å². The molecule has 3 heterocycles. The van der Waals surface area contributed by atoms with Gasteiger partial charge in [-0.25, -0.2) is 9.97 Å². The van der Waals surface area contributed by atoms with E-state index in [1.165, 1.54) is 270 Å². The van der Waals surface area contributed by atoms with Crippen LogP contribution >= 0.6 is 54.5 Å². The third-order valence-electron chi connectivity index (χ3n) is 15.5. The molecule has 0 aliphatic carbocycles. The lowest BCUT2D eigenvalue weighted by Gasteiger charge is -2.17. The zero-order valence-corrected chi connectivity index (χ0v) is 53.2. The highest BCUT2D eigenvalue weighted by molar-refractivity contribution is 9.11. The van der Waals surface area contributed by atoms with Gasteiger partial charge in [-0.2, -0.15) is 0 Å². The molecule has 0 aliphatic rings. The van der Waals surface area contributed by atoms with Crippen LogP contribution in [0.2, 0.25) is 0 Å². The summed E-state index contributed by atoms with van der Waals surface area (Å²) < 4.78 is 15.3. The fourth-order valence-electron chi connectivity index (χ4n) is 10.8. The first-order valence-corrected chi connectivity index (χ1v) is 35.0. The molecule has 0 aliphatic heterocycles. The van der Waals surface area contributed by atoms with Gasteiger partial charge < -0.3 is 9.47 Å². The van der Waals surface area contributed by atoms with Gasteiger partial charge in [0.1, 0.15) is 10.7 Å². The first-order valence-electron chi connectivity index (χ1n) is 31.8. The number of hydrogen-bond donors (Lipinski definition) is 0. The van der Waals surface area contributed by atoms with E-state index in [0.29, 0.717) is 25.0 Å². The summed E-state index contributed by atoms with van der Waals surface area (Å²) in [5, 5.41) is 1.49. The van der Waals surface area contributed by atoms with Crippen LogP contribution in [0.15, 0.2) is 31.8 Å². The van der Waals surface area contributed by atoms with Crippen molar-refractivity contribution in [2.45, 2.75) is 310 Å². The Morgan fingerprint density at radius 1 is 0.351 bits per heavy atom. The minimum atomic E-state index is 0.597. The molecule has 0 fully saturated rings. The summed E-state index contributed by atoms with van der Waals surface area (Å²) in [6.07, 6.45) is 65.0. The smallest absolute Gasteiger partial charge is 0.240 e. The van der Waals surface area contributed by atoms with E-state index in [9.17, 15) is 0 Å². The van der Waals surface area contributed by atoms with Crippen molar-refractivity contribution < 1.29 is 9.47 Å². The fourth-order valence-corrected chi connectivity index (χ4v) is 13.5. The van der Waals surface area contributed by atoms with Gasteiger partial charge in [0.05, 0.1) is 20.8 Å². The number of thiophene rings is 2. The van der Waals surface area contributed by atoms with Crippen molar-refractivity contribution in [1.82, 2.24) is 9.97 Å². The number of ether oxygens (including phenoxy) is 2. The molecule has 0 saturated heterocycles. The van der Waals surface area contributed by atoms with Crippen LogP contribution in [0.1, 0.15) is 320 Å². The predicted octanol–water partition coefficient (Wildman–Crippen LogP) is 23.0. The first kappa shape index (κ1) is 67.1. The molecule has 0 amide bonds. The standard InChI is InChI=1S/C66H112Br2N2O2S2/c1-5-9-13-17-21-23-29-37-45-57(43-35-27-19-15-11-7-3)47-39-31-25-33-41-53-71-65-61(55-59-49-51-63(67)73-59)70-66(62(69-65)56-60-50-52-64(68)74-60)72-54-42-34-26-32-40-48-58(44-36-28-20-16-12-8-4)46-38-30-24-22-18-14-10-6-2/h49-52,55-58H,5-48,53-54H2,1-4H3/b61-55-,62-56-. The molecule has 8 heteroatoms. The summed E-state index contributed by atoms with van der Waals surface area (Å²) in [5.41, 5.74) is 0. The van der Waals surface area contributed by atoms with Crippen LogP contribution in [0.3, 0.4) is 0 Å². The molecule has 0 aromatic carbocycles. The van der Waals surface area contributed by atoms with Crippen LogP contribution < -0.4 is 20.2 Å². The molecule has 0 bridgehead atoms. The summed E-state index contributed by atoms with van der Waals surface area (Å²) in [4.78, 5) is 12.6. The Morgan fingerprint density at radius 2 is 0.595 bits per heavy atom. The second kappa shape index (κ2) is 47.8. The Kier molecular flexibility index (Phi) is 43.3. The van der Waals surface area contributed by atoms with E-state index in [2.05, 4.69) is 96.0 Å². The highest BCUT2D eigenvalue weighted by Crippen LogP contribution is 2.28. The number of aromatic nitrogens is 2. The molecule has 0 radical (unpaired) electrons. The van der Waals surface area contributed by atoms with E-state index in [1.807, 2.05) is 0 Å². The highest BCUT2D eigenvalue weighted by atomic mass is 79.9. The van der Waals surface area contributed by atoms with Gasteiger partial charge in [0.25, 0.3) is 0 Å². The number of unbranched alkanes of at least 4 members (excludes halogenated alkanes) is 32. The van der Waals surface area contributed by atoms with Crippen LogP contribution in [0.25, 0.3) is 12.2 Å². The summed E-state index contributed by atoms with van der Waals surface area (Å²) in [7, 11) is 0. The summed E-state index contributed by atoms with van der Waals surface area (Å²) in [6.45, 7) is 10.6. The van der Waals surface area contributed by atoms with Gasteiger partial charge in [0, 0.05) is 9.75 Å². The van der Waals surface area contributed by atoms with Gasteiger partial charge in [-0.3, -0.25) is 0 Å². The van der Waals surface area contributed by atoms with Crippen molar-refractivity contribution in [1.29, 1.82) is 0 Å². The Hall–Kier alpha value is -1.22. The van der Waals surface area contributed by atoms with Gasteiger partial charge in [-0.15, -0.1) is 22.7 Å². The molecule has 2 atom stereocenters. The Labute approximate surface area is 482 Å². The number of rotatable bonds is 52. The normalized spacial score (nSPS) is 13.1. The van der Waals surface area contributed by atoms with Gasteiger partial charge in [-0.05, 0) is 93.0 Å². The SMILES string of the molecule is CCCCCCCCCCC(CCCCCCCC)CCCCCCCOc1n/c(=C\c2ccc(Br)s2)c(OCCCCCCCC(CCCCCCCC)CCCCCCCCCC)n/c1=C\c1ccc(Br)s1. The van der Waals surface area contributed by atoms with Gasteiger partial charge in [-0.1, -0.05) is 297 Å². The van der Waals surface area contributed by atoms with Crippen LogP contribution in [-0.4, -0.2) is 23.2 Å². The highest BCUT2D eigenvalue weighted by Gasteiger charge is 2.13. The fraction of sp³-hybridized carbons (Fsp3) is 0.788. The van der Waals surface area contributed by atoms with Gasteiger partial charge in [0.15, 0.2) is 0 Å². The molecule has 0 saturated carbocycles. The molecule has 424 valence electrons. The van der Waals surface area contributed by atoms with E-state index in [-0.39, 0.29) is 0 Å². The first-order chi connectivity index (χ1) is 36.4. The minimum Gasteiger partial charge on any atom is -0.476 e. The maximum absolute atomic E-state index is 6.56. The number of halogens is 2. The Balaban J connectivity index is 1.52. The van der Waals surface area contributed by atoms with Crippen LogP contribution in [0.5, 0.6) is 11.8 Å². The van der Waals surface area contributed by atoms with E-state index in [0.717, 1.165) is 52.7 Å². The molecule has 4 nitrogen and oxygen atoms in total. The second-order valence-corrected chi connectivity index (χ2v) is 27.3. The average molecular weight is 1190 g/mol. The lowest BCUT2D eigenvalue weighted by molar-refractivity contribution is 0.271. The summed E-state index contributed by atoms with van der Waals surface area (Å²) in [6, 6.07) is 8.45. The van der Waals surface area contributed by atoms with Gasteiger partial charge >= 0.3 is 0 Å². The largest absolute Gasteiger partial charge is 0.476 e. The lowest BCUT2D eigenvalue weighted by atomic mass is 9.89. The summed E-state index contributed by atoms with van der Waals surface area (Å²) >= 11 is 10.7. The minimum absolute atomic E-state index is 0.597. The Morgan fingerprint density at radius 3 is 0.838 bits per heavy atom. The molecular formula is C66H112Br2N2O2S2. The van der Waals surface area contributed by atoms with Crippen molar-refractivity contribution in [2.24, 2.45) is 11.8 Å².